The summed E-state index contributed by atoms with van der Waals surface area (Å²) in [5.74, 6) is 0.0940. The predicted octanol–water partition coefficient (Wildman–Crippen LogP) is 1.78. The van der Waals surface area contributed by atoms with E-state index in [0.717, 1.165) is 6.42 Å². The molecule has 0 radical (unpaired) electrons. The second-order valence-electron chi connectivity index (χ2n) is 4.52. The van der Waals surface area contributed by atoms with Crippen LogP contribution in [-0.4, -0.2) is 38.7 Å². The normalized spacial score (nSPS) is 11.4. The summed E-state index contributed by atoms with van der Waals surface area (Å²) < 4.78 is 15.2. The average Bonchev–Trinajstić information content (AvgIpc) is 2.51. The van der Waals surface area contributed by atoms with Gasteiger partial charge in [-0.2, -0.15) is 0 Å². The van der Waals surface area contributed by atoms with E-state index in [2.05, 4.69) is 10.1 Å². The Labute approximate surface area is 124 Å². The fraction of sp³-hybridized carbons (Fsp3) is 0.467. The zero-order valence-electron chi connectivity index (χ0n) is 12.8. The molecule has 1 atom stereocenters. The number of hydrogen-bond acceptors (Lipinski definition) is 5. The quantitative estimate of drug-likeness (QED) is 0.776. The van der Waals surface area contributed by atoms with Crippen LogP contribution >= 0.6 is 0 Å². The van der Waals surface area contributed by atoms with Gasteiger partial charge in [-0.1, -0.05) is 6.92 Å². The number of carbonyl (C=O) groups is 2. The van der Waals surface area contributed by atoms with Gasteiger partial charge in [0.05, 0.1) is 19.8 Å². The molecule has 0 aliphatic carbocycles. The standard InChI is InChI=1S/C15H21NO5/c1-5-10(2)16-14(17)9-21-12-7-6-11(15(18)20-4)8-13(12)19-3/h6-8,10H,5,9H2,1-4H3,(H,16,17)/t10-/m1/s1. The van der Waals surface area contributed by atoms with Crippen molar-refractivity contribution < 1.29 is 23.8 Å². The molecule has 0 heterocycles. The van der Waals surface area contributed by atoms with Crippen LogP contribution in [0.15, 0.2) is 18.2 Å². The van der Waals surface area contributed by atoms with Gasteiger partial charge < -0.3 is 19.5 Å². The number of rotatable bonds is 7. The van der Waals surface area contributed by atoms with Crippen LogP contribution in [0.4, 0.5) is 0 Å². The topological polar surface area (TPSA) is 73.9 Å². The largest absolute Gasteiger partial charge is 0.493 e. The molecule has 0 unspecified atom stereocenters. The molecule has 1 aromatic carbocycles. The minimum Gasteiger partial charge on any atom is -0.493 e. The molecular formula is C15H21NO5. The van der Waals surface area contributed by atoms with Crippen LogP contribution in [0.2, 0.25) is 0 Å². The third kappa shape index (κ3) is 4.98. The number of esters is 1. The number of benzene rings is 1. The highest BCUT2D eigenvalue weighted by Crippen LogP contribution is 2.28. The molecule has 0 spiro atoms. The zero-order valence-corrected chi connectivity index (χ0v) is 12.8. The highest BCUT2D eigenvalue weighted by atomic mass is 16.5. The molecule has 1 rings (SSSR count). The lowest BCUT2D eigenvalue weighted by Gasteiger charge is -2.14. The van der Waals surface area contributed by atoms with Gasteiger partial charge >= 0.3 is 5.97 Å². The zero-order chi connectivity index (χ0) is 15.8. The van der Waals surface area contributed by atoms with Gasteiger partial charge in [0.1, 0.15) is 0 Å². The maximum atomic E-state index is 11.7. The lowest BCUT2D eigenvalue weighted by Crippen LogP contribution is -2.35. The van der Waals surface area contributed by atoms with Crippen LogP contribution < -0.4 is 14.8 Å². The molecule has 6 heteroatoms. The monoisotopic (exact) mass is 295 g/mol. The van der Waals surface area contributed by atoms with E-state index in [9.17, 15) is 9.59 Å². The Kier molecular flexibility index (Phi) is 6.52. The Morgan fingerprint density at radius 2 is 1.95 bits per heavy atom. The van der Waals surface area contributed by atoms with Crippen molar-refractivity contribution in [3.05, 3.63) is 23.8 Å². The number of carbonyl (C=O) groups excluding carboxylic acids is 2. The van der Waals surface area contributed by atoms with E-state index in [-0.39, 0.29) is 18.6 Å². The molecule has 0 saturated carbocycles. The highest BCUT2D eigenvalue weighted by molar-refractivity contribution is 5.90. The minimum atomic E-state index is -0.464. The number of nitrogens with one attached hydrogen (secondary N) is 1. The third-order valence-electron chi connectivity index (χ3n) is 2.96. The molecule has 116 valence electrons. The fourth-order valence-electron chi connectivity index (χ4n) is 1.59. The summed E-state index contributed by atoms with van der Waals surface area (Å²) in [6.07, 6.45) is 0.850. The molecule has 0 fully saturated rings. The summed E-state index contributed by atoms with van der Waals surface area (Å²) >= 11 is 0. The Balaban J connectivity index is 2.71. The van der Waals surface area contributed by atoms with Gasteiger partial charge in [-0.15, -0.1) is 0 Å². The molecule has 0 bridgehead atoms. The number of ether oxygens (including phenoxy) is 3. The predicted molar refractivity (Wildman–Crippen MR) is 77.7 cm³/mol. The lowest BCUT2D eigenvalue weighted by molar-refractivity contribution is -0.123. The van der Waals surface area contributed by atoms with Gasteiger partial charge in [0.2, 0.25) is 0 Å². The van der Waals surface area contributed by atoms with Crippen molar-refractivity contribution in [2.24, 2.45) is 0 Å². The molecule has 1 N–H and O–H groups in total. The van der Waals surface area contributed by atoms with E-state index in [1.807, 2.05) is 13.8 Å². The van der Waals surface area contributed by atoms with E-state index >= 15 is 0 Å². The van der Waals surface area contributed by atoms with Gasteiger partial charge in [0.25, 0.3) is 5.91 Å². The molecule has 0 saturated heterocycles. The number of hydrogen-bond donors (Lipinski definition) is 1. The van der Waals surface area contributed by atoms with E-state index in [1.54, 1.807) is 12.1 Å². The molecule has 6 nitrogen and oxygen atoms in total. The summed E-state index contributed by atoms with van der Waals surface area (Å²) in [4.78, 5) is 23.1. The first-order chi connectivity index (χ1) is 10.0. The first-order valence-electron chi connectivity index (χ1n) is 6.70. The molecule has 1 amide bonds. The maximum absolute atomic E-state index is 11.7. The first-order valence-corrected chi connectivity index (χ1v) is 6.70. The second kappa shape index (κ2) is 8.14. The fourth-order valence-corrected chi connectivity index (χ4v) is 1.59. The van der Waals surface area contributed by atoms with E-state index < -0.39 is 5.97 Å². The molecule has 0 aliphatic rings. The number of amides is 1. The Hall–Kier alpha value is -2.24. The van der Waals surface area contributed by atoms with Crippen LogP contribution in [0.1, 0.15) is 30.6 Å². The molecule has 1 aromatic rings. The van der Waals surface area contributed by atoms with Crippen molar-refractivity contribution in [2.45, 2.75) is 26.3 Å². The van der Waals surface area contributed by atoms with E-state index in [0.29, 0.717) is 17.1 Å². The highest BCUT2D eigenvalue weighted by Gasteiger charge is 2.13. The van der Waals surface area contributed by atoms with E-state index in [4.69, 9.17) is 9.47 Å². The van der Waals surface area contributed by atoms with Crippen molar-refractivity contribution >= 4 is 11.9 Å². The first kappa shape index (κ1) is 16.8. The Morgan fingerprint density at radius 3 is 2.52 bits per heavy atom. The Bertz CT molecular complexity index is 501. The van der Waals surface area contributed by atoms with Gasteiger partial charge in [0, 0.05) is 6.04 Å². The summed E-state index contributed by atoms with van der Waals surface area (Å²) in [6, 6.07) is 4.73. The van der Waals surface area contributed by atoms with Gasteiger partial charge in [-0.25, -0.2) is 4.79 Å². The smallest absolute Gasteiger partial charge is 0.337 e. The van der Waals surface area contributed by atoms with Crippen molar-refractivity contribution in [2.75, 3.05) is 20.8 Å². The van der Waals surface area contributed by atoms with Crippen LogP contribution in [-0.2, 0) is 9.53 Å². The molecule has 0 aromatic heterocycles. The van der Waals surface area contributed by atoms with E-state index in [1.165, 1.54) is 20.3 Å². The van der Waals surface area contributed by atoms with Crippen LogP contribution in [0, 0.1) is 0 Å². The summed E-state index contributed by atoms with van der Waals surface area (Å²) in [5.41, 5.74) is 0.353. The molecule has 0 aliphatic heterocycles. The summed E-state index contributed by atoms with van der Waals surface area (Å²) in [5, 5.41) is 2.80. The van der Waals surface area contributed by atoms with Crippen molar-refractivity contribution in [1.29, 1.82) is 0 Å². The summed E-state index contributed by atoms with van der Waals surface area (Å²) in [6.45, 7) is 3.79. The third-order valence-corrected chi connectivity index (χ3v) is 2.96. The van der Waals surface area contributed by atoms with Crippen molar-refractivity contribution in [1.82, 2.24) is 5.32 Å². The van der Waals surface area contributed by atoms with Gasteiger partial charge in [-0.3, -0.25) is 4.79 Å². The van der Waals surface area contributed by atoms with Crippen LogP contribution in [0.3, 0.4) is 0 Å². The lowest BCUT2D eigenvalue weighted by atomic mass is 10.2. The Morgan fingerprint density at radius 1 is 1.24 bits per heavy atom. The van der Waals surface area contributed by atoms with Gasteiger partial charge in [0.15, 0.2) is 18.1 Å². The van der Waals surface area contributed by atoms with Gasteiger partial charge in [-0.05, 0) is 31.5 Å². The average molecular weight is 295 g/mol. The molecular weight excluding hydrogens is 274 g/mol. The van der Waals surface area contributed by atoms with Crippen LogP contribution in [0.25, 0.3) is 0 Å². The SMILES string of the molecule is CC[C@@H](C)NC(=O)COc1ccc(C(=O)OC)cc1OC. The maximum Gasteiger partial charge on any atom is 0.337 e. The summed E-state index contributed by atoms with van der Waals surface area (Å²) in [7, 11) is 2.76. The van der Waals surface area contributed by atoms with Crippen LogP contribution in [0.5, 0.6) is 11.5 Å². The second-order valence-corrected chi connectivity index (χ2v) is 4.52. The minimum absolute atomic E-state index is 0.102. The van der Waals surface area contributed by atoms with Crippen molar-refractivity contribution in [3.8, 4) is 11.5 Å². The number of methoxy groups -OCH3 is 2. The van der Waals surface area contributed by atoms with Crippen molar-refractivity contribution in [3.63, 3.8) is 0 Å². The molecule has 21 heavy (non-hydrogen) atoms.